The van der Waals surface area contributed by atoms with Gasteiger partial charge in [0.25, 0.3) is 5.70 Å². The van der Waals surface area contributed by atoms with Crippen molar-refractivity contribution in [1.29, 1.82) is 0 Å². The molecular formula is C29H34N2O5S. The highest BCUT2D eigenvalue weighted by molar-refractivity contribution is 7.80. The zero-order valence-corrected chi connectivity index (χ0v) is 22.7. The Morgan fingerprint density at radius 2 is 1.70 bits per heavy atom. The average molecular weight is 523 g/mol. The molecule has 0 fully saturated rings. The standard InChI is InChI=1S/C29H34N2O5S/c1-5-6-7-13-18-30-20(2)26(29(32)36-22(4)37)27(28(21(30)3)31(33)34)24-16-11-12-17-25(24)35-19-23-14-9-8-10-15-23/h8-12,14-17,27H,5-7,13,18-19H2,1-4H3. The van der Waals surface area contributed by atoms with Crippen LogP contribution in [0, 0.1) is 10.1 Å². The first-order valence-corrected chi connectivity index (χ1v) is 13.0. The third-order valence-electron chi connectivity index (χ3n) is 6.49. The first-order valence-electron chi connectivity index (χ1n) is 12.6. The maximum absolute atomic E-state index is 13.4. The third-order valence-corrected chi connectivity index (χ3v) is 6.57. The molecule has 0 saturated carbocycles. The summed E-state index contributed by atoms with van der Waals surface area (Å²) in [5, 5.41) is 12.6. The molecule has 0 bridgehead atoms. The van der Waals surface area contributed by atoms with Crippen LogP contribution in [0.4, 0.5) is 0 Å². The number of rotatable bonds is 11. The summed E-state index contributed by atoms with van der Waals surface area (Å²) in [7, 11) is 0. The Labute approximate surface area is 223 Å². The summed E-state index contributed by atoms with van der Waals surface area (Å²) >= 11 is 5.04. The van der Waals surface area contributed by atoms with E-state index in [-0.39, 0.29) is 22.9 Å². The molecule has 0 aliphatic carbocycles. The highest BCUT2D eigenvalue weighted by atomic mass is 32.1. The van der Waals surface area contributed by atoms with Crippen molar-refractivity contribution in [3.63, 3.8) is 0 Å². The van der Waals surface area contributed by atoms with E-state index in [4.69, 9.17) is 21.7 Å². The minimum Gasteiger partial charge on any atom is -0.489 e. The molecule has 0 spiro atoms. The molecule has 1 unspecified atom stereocenters. The first kappa shape index (κ1) is 28.1. The van der Waals surface area contributed by atoms with Gasteiger partial charge in [0.15, 0.2) is 5.05 Å². The Morgan fingerprint density at radius 3 is 2.35 bits per heavy atom. The Hall–Kier alpha value is -3.52. The van der Waals surface area contributed by atoms with Crippen LogP contribution in [-0.4, -0.2) is 27.4 Å². The lowest BCUT2D eigenvalue weighted by Crippen LogP contribution is -2.35. The maximum Gasteiger partial charge on any atom is 0.342 e. The van der Waals surface area contributed by atoms with Crippen molar-refractivity contribution in [2.45, 2.75) is 65.9 Å². The Morgan fingerprint density at radius 1 is 1.03 bits per heavy atom. The van der Waals surface area contributed by atoms with Crippen LogP contribution >= 0.6 is 12.2 Å². The largest absolute Gasteiger partial charge is 0.489 e. The van der Waals surface area contributed by atoms with Crippen LogP contribution < -0.4 is 4.74 Å². The van der Waals surface area contributed by atoms with Crippen LogP contribution in [0.5, 0.6) is 5.75 Å². The fraction of sp³-hybridized carbons (Fsp3) is 0.379. The van der Waals surface area contributed by atoms with Crippen LogP contribution in [0.1, 0.15) is 70.4 Å². The molecule has 0 amide bonds. The van der Waals surface area contributed by atoms with E-state index in [9.17, 15) is 14.9 Å². The van der Waals surface area contributed by atoms with Gasteiger partial charge in [0.1, 0.15) is 18.3 Å². The molecule has 7 nitrogen and oxygen atoms in total. The van der Waals surface area contributed by atoms with Gasteiger partial charge in [-0.1, -0.05) is 74.7 Å². The van der Waals surface area contributed by atoms with Gasteiger partial charge in [-0.25, -0.2) is 4.79 Å². The molecule has 0 saturated heterocycles. The first-order chi connectivity index (χ1) is 17.8. The normalized spacial score (nSPS) is 15.6. The Balaban J connectivity index is 2.11. The molecule has 37 heavy (non-hydrogen) atoms. The second-order valence-corrected chi connectivity index (χ2v) is 9.64. The van der Waals surface area contributed by atoms with Crippen molar-refractivity contribution in [1.82, 2.24) is 4.90 Å². The monoisotopic (exact) mass is 522 g/mol. The zero-order chi connectivity index (χ0) is 26.9. The van der Waals surface area contributed by atoms with Gasteiger partial charge in [-0.05, 0) is 44.1 Å². The fourth-order valence-electron chi connectivity index (χ4n) is 4.70. The van der Waals surface area contributed by atoms with Crippen molar-refractivity contribution >= 4 is 23.2 Å². The molecule has 1 atom stereocenters. The number of hydrogen-bond donors (Lipinski definition) is 0. The SMILES string of the molecule is CCCCCCN1C(C)=C(C(=O)OC(C)=S)C(c2ccccc2OCc2ccccc2)C([N+](=O)[O-])=C1C. The topological polar surface area (TPSA) is 81.9 Å². The van der Waals surface area contributed by atoms with E-state index in [2.05, 4.69) is 6.92 Å². The number of thiocarbonyl (C=S) groups is 1. The molecule has 0 aromatic heterocycles. The van der Waals surface area contributed by atoms with Crippen LogP contribution in [0.3, 0.4) is 0 Å². The molecule has 2 aromatic carbocycles. The molecular weight excluding hydrogens is 488 g/mol. The van der Waals surface area contributed by atoms with Gasteiger partial charge in [-0.2, -0.15) is 0 Å². The predicted octanol–water partition coefficient (Wildman–Crippen LogP) is 6.92. The number of nitro groups is 1. The van der Waals surface area contributed by atoms with E-state index in [1.165, 1.54) is 6.92 Å². The van der Waals surface area contributed by atoms with Gasteiger partial charge < -0.3 is 14.4 Å². The van der Waals surface area contributed by atoms with E-state index in [0.717, 1.165) is 31.2 Å². The minimum atomic E-state index is -0.976. The highest BCUT2D eigenvalue weighted by Crippen LogP contribution is 2.45. The molecule has 0 radical (unpaired) electrons. The number of ether oxygens (including phenoxy) is 2. The number of nitrogens with zero attached hydrogens (tertiary/aromatic N) is 2. The van der Waals surface area contributed by atoms with E-state index in [0.29, 0.717) is 29.3 Å². The second kappa shape index (κ2) is 13.1. The third kappa shape index (κ3) is 6.83. The molecule has 1 heterocycles. The van der Waals surface area contributed by atoms with Crippen LogP contribution in [0.2, 0.25) is 0 Å². The lowest BCUT2D eigenvalue weighted by Gasteiger charge is -2.35. The van der Waals surface area contributed by atoms with Crippen LogP contribution in [0.25, 0.3) is 0 Å². The number of carbonyl (C=O) groups excluding carboxylic acids is 1. The van der Waals surface area contributed by atoms with Gasteiger partial charge in [-0.15, -0.1) is 0 Å². The van der Waals surface area contributed by atoms with Gasteiger partial charge in [0.05, 0.1) is 16.2 Å². The van der Waals surface area contributed by atoms with Crippen molar-refractivity contribution < 1.29 is 19.2 Å². The highest BCUT2D eigenvalue weighted by Gasteiger charge is 2.44. The van der Waals surface area contributed by atoms with Crippen molar-refractivity contribution in [3.05, 3.63) is 98.5 Å². The predicted molar refractivity (Wildman–Crippen MR) is 148 cm³/mol. The fourth-order valence-corrected chi connectivity index (χ4v) is 4.77. The van der Waals surface area contributed by atoms with Crippen molar-refractivity contribution in [3.8, 4) is 5.75 Å². The maximum atomic E-state index is 13.4. The molecule has 196 valence electrons. The van der Waals surface area contributed by atoms with E-state index >= 15 is 0 Å². The number of carbonyl (C=O) groups is 1. The summed E-state index contributed by atoms with van der Waals surface area (Å²) in [5.74, 6) is -1.19. The zero-order valence-electron chi connectivity index (χ0n) is 21.9. The van der Waals surface area contributed by atoms with E-state index in [1.807, 2.05) is 48.2 Å². The van der Waals surface area contributed by atoms with Crippen molar-refractivity contribution in [2.75, 3.05) is 6.54 Å². The van der Waals surface area contributed by atoms with Crippen LogP contribution in [-0.2, 0) is 16.1 Å². The summed E-state index contributed by atoms with van der Waals surface area (Å²) in [5.41, 5.74) is 2.77. The molecule has 0 N–H and O–H groups in total. The number of esters is 1. The Bertz CT molecular complexity index is 1210. The van der Waals surface area contributed by atoms with Gasteiger partial charge in [0.2, 0.25) is 0 Å². The average Bonchev–Trinajstić information content (AvgIpc) is 2.86. The summed E-state index contributed by atoms with van der Waals surface area (Å²) in [4.78, 5) is 27.4. The summed E-state index contributed by atoms with van der Waals surface area (Å²) < 4.78 is 11.5. The quantitative estimate of drug-likeness (QED) is 0.104. The summed E-state index contributed by atoms with van der Waals surface area (Å²) in [6.45, 7) is 8.05. The molecule has 2 aromatic rings. The molecule has 8 heteroatoms. The summed E-state index contributed by atoms with van der Waals surface area (Å²) in [6.07, 6.45) is 4.01. The molecule has 1 aliphatic heterocycles. The number of hydrogen-bond acceptors (Lipinski definition) is 7. The lowest BCUT2D eigenvalue weighted by molar-refractivity contribution is -0.431. The van der Waals surface area contributed by atoms with Crippen molar-refractivity contribution in [2.24, 2.45) is 0 Å². The molecule has 1 aliphatic rings. The number of para-hydroxylation sites is 1. The molecule has 3 rings (SSSR count). The smallest absolute Gasteiger partial charge is 0.342 e. The van der Waals surface area contributed by atoms with Gasteiger partial charge in [0, 0.05) is 24.7 Å². The number of allylic oxidation sites excluding steroid dienone is 3. The van der Waals surface area contributed by atoms with Gasteiger partial charge in [-0.3, -0.25) is 10.1 Å². The Kier molecular flexibility index (Phi) is 9.97. The number of benzene rings is 2. The van der Waals surface area contributed by atoms with Gasteiger partial charge >= 0.3 is 5.97 Å². The summed E-state index contributed by atoms with van der Waals surface area (Å²) in [6, 6.07) is 16.8. The number of unbranched alkanes of at least 4 members (excludes halogenated alkanes) is 3. The van der Waals surface area contributed by atoms with Crippen LogP contribution in [0.15, 0.2) is 77.3 Å². The van der Waals surface area contributed by atoms with E-state index < -0.39 is 16.8 Å². The minimum absolute atomic E-state index is 0.0566. The second-order valence-electron chi connectivity index (χ2n) is 9.07. The lowest BCUT2D eigenvalue weighted by atomic mass is 9.82. The van der Waals surface area contributed by atoms with E-state index in [1.54, 1.807) is 25.1 Å².